The predicted octanol–water partition coefficient (Wildman–Crippen LogP) is 3.69. The van der Waals surface area contributed by atoms with Crippen molar-refractivity contribution in [1.29, 1.82) is 0 Å². The van der Waals surface area contributed by atoms with E-state index in [9.17, 15) is 43.2 Å². The van der Waals surface area contributed by atoms with Gasteiger partial charge < -0.3 is 0 Å². The van der Waals surface area contributed by atoms with Crippen LogP contribution >= 0.6 is 10.2 Å². The van der Waals surface area contributed by atoms with Crippen LogP contribution in [0.25, 0.3) is 0 Å². The Morgan fingerprint density at radius 3 is 1.56 bits per heavy atom. The topological polar surface area (TPSA) is 71.5 Å². The standard InChI is InChI=1S/C11H19F6NO4S3/c1-2-3-4-7-23(8-5-6-9-23)18(24(19,20)10(12,13)14)25(21,22)11(15,16)17/h2-9H2,1H3. The van der Waals surface area contributed by atoms with E-state index in [1.807, 2.05) is 0 Å². The maximum atomic E-state index is 13.0. The molecule has 25 heavy (non-hydrogen) atoms. The molecule has 0 aromatic heterocycles. The largest absolute Gasteiger partial charge is 0.513 e. The molecule has 1 rings (SSSR count). The molecule has 0 radical (unpaired) electrons. The highest BCUT2D eigenvalue weighted by atomic mass is 32.4. The van der Waals surface area contributed by atoms with E-state index >= 15 is 0 Å². The Balaban J connectivity index is 3.60. The number of unbranched alkanes of at least 4 members (excludes halogenated alkanes) is 2. The third kappa shape index (κ3) is 4.38. The van der Waals surface area contributed by atoms with Crippen LogP contribution in [0.2, 0.25) is 0 Å². The van der Waals surface area contributed by atoms with E-state index in [0.717, 1.165) is 0 Å². The van der Waals surface area contributed by atoms with E-state index in [1.165, 1.54) is 0 Å². The Morgan fingerprint density at radius 2 is 1.24 bits per heavy atom. The monoisotopic (exact) mass is 439 g/mol. The van der Waals surface area contributed by atoms with Gasteiger partial charge in [0.1, 0.15) is 0 Å². The van der Waals surface area contributed by atoms with Gasteiger partial charge in [0, 0.05) is 0 Å². The zero-order chi connectivity index (χ0) is 19.7. The molecule has 0 spiro atoms. The summed E-state index contributed by atoms with van der Waals surface area (Å²) in [5, 5.41) is 0. The quantitative estimate of drug-likeness (QED) is 0.448. The molecule has 0 bridgehead atoms. The summed E-state index contributed by atoms with van der Waals surface area (Å²) in [5.41, 5.74) is -12.3. The molecule has 5 nitrogen and oxygen atoms in total. The molecule has 0 atom stereocenters. The van der Waals surface area contributed by atoms with Gasteiger partial charge in [-0.3, -0.25) is 0 Å². The fourth-order valence-corrected chi connectivity index (χ4v) is 12.9. The Morgan fingerprint density at radius 1 is 0.840 bits per heavy atom. The van der Waals surface area contributed by atoms with Crippen molar-refractivity contribution in [3.8, 4) is 0 Å². The molecule has 0 amide bonds. The van der Waals surface area contributed by atoms with Crippen LogP contribution in [-0.4, -0.2) is 48.2 Å². The summed E-state index contributed by atoms with van der Waals surface area (Å²) < 4.78 is 124. The van der Waals surface area contributed by atoms with Gasteiger partial charge in [-0.1, -0.05) is 19.8 Å². The van der Waals surface area contributed by atoms with Gasteiger partial charge in [0.2, 0.25) is 0 Å². The van der Waals surface area contributed by atoms with E-state index < -0.39 is 44.4 Å². The first-order valence-corrected chi connectivity index (χ1v) is 12.3. The molecular weight excluding hydrogens is 420 g/mol. The predicted molar refractivity (Wildman–Crippen MR) is 82.7 cm³/mol. The first-order valence-electron chi connectivity index (χ1n) is 7.33. The maximum absolute atomic E-state index is 13.0. The SMILES string of the molecule is CCCCCS1(N(S(=O)(=O)C(F)(F)F)S(=O)(=O)C(F)(F)F)CCCC1. The Hall–Kier alpha value is -0.210. The van der Waals surface area contributed by atoms with Crippen LogP contribution in [0.4, 0.5) is 26.3 Å². The van der Waals surface area contributed by atoms with Gasteiger partial charge >= 0.3 is 31.1 Å². The van der Waals surface area contributed by atoms with E-state index in [0.29, 0.717) is 12.8 Å². The number of alkyl halides is 6. The Kier molecular flexibility index (Phi) is 6.78. The van der Waals surface area contributed by atoms with Crippen LogP contribution in [0.5, 0.6) is 0 Å². The molecule has 1 aliphatic rings. The van der Waals surface area contributed by atoms with Crippen molar-refractivity contribution in [2.24, 2.45) is 0 Å². The molecule has 0 aromatic carbocycles. The van der Waals surface area contributed by atoms with Gasteiger partial charge in [-0.05, 0) is 39.6 Å². The van der Waals surface area contributed by atoms with Crippen molar-refractivity contribution in [3.63, 3.8) is 0 Å². The Labute approximate surface area is 144 Å². The van der Waals surface area contributed by atoms with Gasteiger partial charge in [-0.15, -0.1) is 0 Å². The number of hydrogen-bond donors (Lipinski definition) is 0. The van der Waals surface area contributed by atoms with Crippen LogP contribution in [0.1, 0.15) is 39.0 Å². The minimum Gasteiger partial charge on any atom is -0.201 e. The van der Waals surface area contributed by atoms with Gasteiger partial charge in [0.15, 0.2) is 0 Å². The number of sulfonamides is 2. The first kappa shape index (κ1) is 22.8. The molecular formula is C11H19F6NO4S3. The summed E-state index contributed by atoms with van der Waals surface area (Å²) in [7, 11) is -16.7. The summed E-state index contributed by atoms with van der Waals surface area (Å²) in [6.45, 7) is 1.74. The van der Waals surface area contributed by atoms with Gasteiger partial charge in [0.05, 0.1) is 0 Å². The molecule has 0 N–H and O–H groups in total. The highest BCUT2D eigenvalue weighted by Gasteiger charge is 2.66. The first-order chi connectivity index (χ1) is 11.1. The minimum atomic E-state index is -6.70. The van der Waals surface area contributed by atoms with Crippen LogP contribution in [-0.2, 0) is 20.0 Å². The normalized spacial score (nSPS) is 20.8. The molecule has 0 aromatic rings. The summed E-state index contributed by atoms with van der Waals surface area (Å²) in [4.78, 5) is 0. The average Bonchev–Trinajstić information content (AvgIpc) is 2.85. The van der Waals surface area contributed by atoms with E-state index in [-0.39, 0.29) is 36.5 Å². The lowest BCUT2D eigenvalue weighted by atomic mass is 10.3. The fourth-order valence-electron chi connectivity index (χ4n) is 2.61. The average molecular weight is 439 g/mol. The van der Waals surface area contributed by atoms with Crippen molar-refractivity contribution in [2.45, 2.75) is 50.0 Å². The second-order valence-corrected chi connectivity index (χ2v) is 13.4. The zero-order valence-corrected chi connectivity index (χ0v) is 15.7. The second-order valence-electron chi connectivity index (χ2n) is 5.59. The number of rotatable bonds is 7. The summed E-state index contributed by atoms with van der Waals surface area (Å²) in [6, 6.07) is 0. The van der Waals surface area contributed by atoms with E-state index in [1.54, 1.807) is 6.92 Å². The molecule has 0 aliphatic carbocycles. The van der Waals surface area contributed by atoms with Crippen molar-refractivity contribution < 1.29 is 43.2 Å². The Bertz CT molecular complexity index is 621. The molecule has 1 aliphatic heterocycles. The number of hydrogen-bond acceptors (Lipinski definition) is 4. The lowest BCUT2D eigenvalue weighted by molar-refractivity contribution is -0.0505. The highest BCUT2D eigenvalue weighted by Crippen LogP contribution is 2.63. The van der Waals surface area contributed by atoms with Crippen LogP contribution in [0, 0.1) is 0 Å². The van der Waals surface area contributed by atoms with Gasteiger partial charge in [0.25, 0.3) is 0 Å². The van der Waals surface area contributed by atoms with Crippen LogP contribution < -0.4 is 0 Å². The molecule has 1 saturated heterocycles. The van der Waals surface area contributed by atoms with Crippen molar-refractivity contribution in [3.05, 3.63) is 0 Å². The second kappa shape index (κ2) is 7.43. The molecule has 152 valence electrons. The van der Waals surface area contributed by atoms with Crippen molar-refractivity contribution >= 4 is 30.3 Å². The minimum absolute atomic E-state index is 0.156. The third-order valence-corrected chi connectivity index (χ3v) is 13.7. The number of halogens is 6. The van der Waals surface area contributed by atoms with Crippen molar-refractivity contribution in [2.75, 3.05) is 17.3 Å². The molecule has 1 heterocycles. The summed E-state index contributed by atoms with van der Waals surface area (Å²) >= 11 is 0. The molecule has 14 heteroatoms. The summed E-state index contributed by atoms with van der Waals surface area (Å²) in [5.74, 6) is -0.881. The van der Waals surface area contributed by atoms with Crippen LogP contribution in [0.3, 0.4) is 0 Å². The lowest BCUT2D eigenvalue weighted by Crippen LogP contribution is -2.51. The molecule has 0 unspecified atom stereocenters. The van der Waals surface area contributed by atoms with E-state index in [2.05, 4.69) is 0 Å². The smallest absolute Gasteiger partial charge is 0.201 e. The maximum Gasteiger partial charge on any atom is 0.513 e. The summed E-state index contributed by atoms with van der Waals surface area (Å²) in [6.07, 6.45) is 1.55. The molecule has 0 saturated carbocycles. The van der Waals surface area contributed by atoms with Gasteiger partial charge in [-0.2, -0.15) is 36.6 Å². The third-order valence-electron chi connectivity index (χ3n) is 3.72. The number of nitrogens with zero attached hydrogens (tertiary/aromatic N) is 1. The zero-order valence-electron chi connectivity index (χ0n) is 13.2. The highest BCUT2D eigenvalue weighted by molar-refractivity contribution is 8.41. The fraction of sp³-hybridized carbons (Fsp3) is 1.00. The lowest BCUT2D eigenvalue weighted by Gasteiger charge is -2.43. The van der Waals surface area contributed by atoms with E-state index in [4.69, 9.17) is 0 Å². The van der Waals surface area contributed by atoms with Crippen LogP contribution in [0.15, 0.2) is 0 Å². The molecule has 1 fully saturated rings. The van der Waals surface area contributed by atoms with Gasteiger partial charge in [-0.25, -0.2) is 16.8 Å². The van der Waals surface area contributed by atoms with Crippen molar-refractivity contribution in [1.82, 2.24) is 3.12 Å².